The van der Waals surface area contributed by atoms with Crippen molar-refractivity contribution in [2.24, 2.45) is 0 Å². The minimum atomic E-state index is -0.573. The molecular weight excluding hydrogens is 322 g/mol. The normalized spacial score (nSPS) is 10.6. The largest absolute Gasteiger partial charge is 0.452 e. The molecule has 1 aromatic heterocycles. The predicted octanol–water partition coefficient (Wildman–Crippen LogP) is 3.91. The summed E-state index contributed by atoms with van der Waals surface area (Å²) in [6, 6.07) is 7.15. The van der Waals surface area contributed by atoms with E-state index in [0.29, 0.717) is 10.7 Å². The number of carbonyl (C=O) groups excluding carboxylic acids is 2. The van der Waals surface area contributed by atoms with Gasteiger partial charge in [-0.25, -0.2) is 4.79 Å². The first kappa shape index (κ1) is 16.3. The van der Waals surface area contributed by atoms with Crippen molar-refractivity contribution in [3.8, 4) is 0 Å². The van der Waals surface area contributed by atoms with Crippen LogP contribution in [0.2, 0.25) is 5.02 Å². The van der Waals surface area contributed by atoms with Crippen LogP contribution in [0, 0.1) is 6.92 Å². The highest BCUT2D eigenvalue weighted by Gasteiger charge is 2.08. The predicted molar refractivity (Wildman–Crippen MR) is 89.1 cm³/mol. The molecule has 1 N–H and O–H groups in total. The summed E-state index contributed by atoms with van der Waals surface area (Å²) in [5, 5.41) is 6.84. The molecule has 0 aliphatic carbocycles. The molecule has 0 aliphatic rings. The third-order valence-corrected chi connectivity index (χ3v) is 3.71. The van der Waals surface area contributed by atoms with Gasteiger partial charge in [0.2, 0.25) is 0 Å². The summed E-state index contributed by atoms with van der Waals surface area (Å²) in [7, 11) is 0. The van der Waals surface area contributed by atoms with E-state index < -0.39 is 11.9 Å². The van der Waals surface area contributed by atoms with Crippen LogP contribution in [-0.4, -0.2) is 18.5 Å². The highest BCUT2D eigenvalue weighted by molar-refractivity contribution is 7.08. The van der Waals surface area contributed by atoms with Crippen molar-refractivity contribution in [1.82, 2.24) is 0 Å². The van der Waals surface area contributed by atoms with Gasteiger partial charge in [-0.15, -0.1) is 0 Å². The van der Waals surface area contributed by atoms with Gasteiger partial charge in [-0.2, -0.15) is 11.3 Å². The van der Waals surface area contributed by atoms with Crippen LogP contribution in [0.5, 0.6) is 0 Å². The summed E-state index contributed by atoms with van der Waals surface area (Å²) in [6.07, 6.45) is 2.92. The van der Waals surface area contributed by atoms with E-state index >= 15 is 0 Å². The molecule has 1 heterocycles. The number of hydrogen-bond donors (Lipinski definition) is 1. The van der Waals surface area contributed by atoms with Gasteiger partial charge >= 0.3 is 5.97 Å². The minimum Gasteiger partial charge on any atom is -0.452 e. The Labute approximate surface area is 137 Å². The van der Waals surface area contributed by atoms with E-state index in [1.165, 1.54) is 17.4 Å². The third-order valence-electron chi connectivity index (χ3n) is 2.70. The Balaban J connectivity index is 1.81. The number of aryl methyl sites for hydroxylation is 1. The van der Waals surface area contributed by atoms with Crippen molar-refractivity contribution in [2.45, 2.75) is 6.92 Å². The Bertz CT molecular complexity index is 695. The van der Waals surface area contributed by atoms with E-state index in [9.17, 15) is 9.59 Å². The number of esters is 1. The lowest BCUT2D eigenvalue weighted by molar-refractivity contribution is -0.142. The van der Waals surface area contributed by atoms with E-state index in [-0.39, 0.29) is 6.61 Å². The highest BCUT2D eigenvalue weighted by Crippen LogP contribution is 2.22. The van der Waals surface area contributed by atoms with E-state index in [1.54, 1.807) is 18.2 Å². The maximum Gasteiger partial charge on any atom is 0.331 e. The molecule has 0 bridgehead atoms. The van der Waals surface area contributed by atoms with Crippen LogP contribution in [0.25, 0.3) is 6.08 Å². The molecule has 1 aromatic carbocycles. The molecule has 0 fully saturated rings. The van der Waals surface area contributed by atoms with Gasteiger partial charge in [0, 0.05) is 6.08 Å². The molecule has 0 atom stereocenters. The minimum absolute atomic E-state index is 0.364. The fourth-order valence-electron chi connectivity index (χ4n) is 1.63. The zero-order valence-corrected chi connectivity index (χ0v) is 13.4. The summed E-state index contributed by atoms with van der Waals surface area (Å²) >= 11 is 7.54. The van der Waals surface area contributed by atoms with Crippen LogP contribution in [0.15, 0.2) is 41.1 Å². The SMILES string of the molecule is Cc1ccc(NC(=O)COC(=O)/C=C/c2ccsc2)c(Cl)c1. The number of thiophene rings is 1. The monoisotopic (exact) mass is 335 g/mol. The first-order valence-electron chi connectivity index (χ1n) is 6.47. The van der Waals surface area contributed by atoms with Gasteiger partial charge in [-0.3, -0.25) is 4.79 Å². The van der Waals surface area contributed by atoms with Crippen molar-refractivity contribution in [1.29, 1.82) is 0 Å². The number of nitrogens with one attached hydrogen (secondary N) is 1. The van der Waals surface area contributed by atoms with Crippen LogP contribution in [0.3, 0.4) is 0 Å². The van der Waals surface area contributed by atoms with Crippen LogP contribution in [-0.2, 0) is 14.3 Å². The van der Waals surface area contributed by atoms with E-state index in [2.05, 4.69) is 5.32 Å². The summed E-state index contributed by atoms with van der Waals surface area (Å²) < 4.78 is 4.86. The number of benzene rings is 1. The van der Waals surface area contributed by atoms with Crippen LogP contribution < -0.4 is 5.32 Å². The molecule has 1 amide bonds. The van der Waals surface area contributed by atoms with Crippen molar-refractivity contribution < 1.29 is 14.3 Å². The maximum absolute atomic E-state index is 11.7. The van der Waals surface area contributed by atoms with E-state index in [1.807, 2.05) is 29.8 Å². The lowest BCUT2D eigenvalue weighted by atomic mass is 10.2. The number of carbonyl (C=O) groups is 2. The molecule has 114 valence electrons. The van der Waals surface area contributed by atoms with Crippen molar-refractivity contribution in [3.05, 3.63) is 57.3 Å². The number of rotatable bonds is 5. The Hall–Kier alpha value is -2.11. The molecular formula is C16H14ClNO3S. The molecule has 0 spiro atoms. The Morgan fingerprint density at radius 3 is 2.86 bits per heavy atom. The smallest absolute Gasteiger partial charge is 0.331 e. The molecule has 0 unspecified atom stereocenters. The summed E-state index contributed by atoms with van der Waals surface area (Å²) in [6.45, 7) is 1.54. The highest BCUT2D eigenvalue weighted by atomic mass is 35.5. The number of amides is 1. The zero-order chi connectivity index (χ0) is 15.9. The van der Waals surface area contributed by atoms with Crippen molar-refractivity contribution in [2.75, 3.05) is 11.9 Å². The Morgan fingerprint density at radius 1 is 1.36 bits per heavy atom. The van der Waals surface area contributed by atoms with Crippen LogP contribution >= 0.6 is 22.9 Å². The second-order valence-corrected chi connectivity index (χ2v) is 5.72. The molecule has 2 aromatic rings. The summed E-state index contributed by atoms with van der Waals surface area (Å²) in [4.78, 5) is 23.2. The summed E-state index contributed by atoms with van der Waals surface area (Å²) in [5.41, 5.74) is 2.40. The number of anilines is 1. The topological polar surface area (TPSA) is 55.4 Å². The molecule has 0 saturated heterocycles. The number of hydrogen-bond acceptors (Lipinski definition) is 4. The lowest BCUT2D eigenvalue weighted by Gasteiger charge is -2.07. The Morgan fingerprint density at radius 2 is 2.18 bits per heavy atom. The quantitative estimate of drug-likeness (QED) is 0.666. The molecule has 0 saturated carbocycles. The van der Waals surface area contributed by atoms with Gasteiger partial charge in [0.25, 0.3) is 5.91 Å². The maximum atomic E-state index is 11.7. The number of ether oxygens (including phenoxy) is 1. The summed E-state index contributed by atoms with van der Waals surface area (Å²) in [5.74, 6) is -1.01. The standard InChI is InChI=1S/C16H14ClNO3S/c1-11-2-4-14(13(17)8-11)18-15(19)9-21-16(20)5-3-12-6-7-22-10-12/h2-8,10H,9H2,1H3,(H,18,19)/b5-3+. The third kappa shape index (κ3) is 5.02. The fraction of sp³-hybridized carbons (Fsp3) is 0.125. The molecule has 0 radical (unpaired) electrons. The van der Waals surface area contributed by atoms with Crippen molar-refractivity contribution >= 4 is 46.6 Å². The van der Waals surface area contributed by atoms with Gasteiger partial charge in [-0.1, -0.05) is 17.7 Å². The van der Waals surface area contributed by atoms with E-state index in [0.717, 1.165) is 11.1 Å². The van der Waals surface area contributed by atoms with Crippen molar-refractivity contribution in [3.63, 3.8) is 0 Å². The second-order valence-electron chi connectivity index (χ2n) is 4.53. The first-order valence-corrected chi connectivity index (χ1v) is 7.80. The van der Waals surface area contributed by atoms with Crippen LogP contribution in [0.4, 0.5) is 5.69 Å². The van der Waals surface area contributed by atoms with Gasteiger partial charge in [0.1, 0.15) is 0 Å². The molecule has 0 aliphatic heterocycles. The van der Waals surface area contributed by atoms with Gasteiger partial charge in [0.15, 0.2) is 6.61 Å². The van der Waals surface area contributed by atoms with Crippen LogP contribution in [0.1, 0.15) is 11.1 Å². The van der Waals surface area contributed by atoms with Gasteiger partial charge in [0.05, 0.1) is 10.7 Å². The molecule has 2 rings (SSSR count). The average Bonchev–Trinajstić information content (AvgIpc) is 2.99. The average molecular weight is 336 g/mol. The molecule has 22 heavy (non-hydrogen) atoms. The van der Waals surface area contributed by atoms with Gasteiger partial charge < -0.3 is 10.1 Å². The molecule has 6 heteroatoms. The van der Waals surface area contributed by atoms with Gasteiger partial charge in [-0.05, 0) is 53.1 Å². The first-order chi connectivity index (χ1) is 10.5. The Kier molecular flexibility index (Phi) is 5.75. The van der Waals surface area contributed by atoms with E-state index in [4.69, 9.17) is 16.3 Å². The zero-order valence-electron chi connectivity index (χ0n) is 11.8. The second kappa shape index (κ2) is 7.77. The lowest BCUT2D eigenvalue weighted by Crippen LogP contribution is -2.20. The fourth-order valence-corrected chi connectivity index (χ4v) is 2.54. The molecule has 4 nitrogen and oxygen atoms in total. The number of halogens is 1.